The first-order valence-electron chi connectivity index (χ1n) is 6.56. The van der Waals surface area contributed by atoms with Gasteiger partial charge < -0.3 is 5.32 Å². The monoisotopic (exact) mass is 269 g/mol. The van der Waals surface area contributed by atoms with Crippen molar-refractivity contribution in [1.29, 1.82) is 0 Å². The molecule has 4 heteroatoms. The molecule has 1 aromatic carbocycles. The molecule has 0 amide bonds. The van der Waals surface area contributed by atoms with E-state index in [4.69, 9.17) is 0 Å². The van der Waals surface area contributed by atoms with Gasteiger partial charge in [-0.05, 0) is 30.5 Å². The summed E-state index contributed by atoms with van der Waals surface area (Å²) in [6.45, 7) is 5.38. The highest BCUT2D eigenvalue weighted by Crippen LogP contribution is 2.04. The summed E-state index contributed by atoms with van der Waals surface area (Å²) in [5.41, 5.74) is 2.58. The Morgan fingerprint density at radius 2 is 1.67 bits per heavy atom. The Morgan fingerprint density at radius 1 is 1.06 bits per heavy atom. The maximum absolute atomic E-state index is 11.3. The average Bonchev–Trinajstić information content (AvgIpc) is 2.39. The lowest BCUT2D eigenvalue weighted by atomic mass is 10.1. The summed E-state index contributed by atoms with van der Waals surface area (Å²) in [4.78, 5) is 0. The molecule has 1 rings (SSSR count). The number of benzene rings is 1. The third-order valence-electron chi connectivity index (χ3n) is 3.01. The average molecular weight is 269 g/mol. The smallest absolute Gasteiger partial charge is 0.150 e. The second-order valence-corrected chi connectivity index (χ2v) is 6.91. The number of hydrogen-bond acceptors (Lipinski definition) is 3. The van der Waals surface area contributed by atoms with Gasteiger partial charge in [0.2, 0.25) is 0 Å². The predicted molar refractivity (Wildman–Crippen MR) is 76.5 cm³/mol. The highest BCUT2D eigenvalue weighted by molar-refractivity contribution is 7.91. The van der Waals surface area contributed by atoms with E-state index in [0.717, 1.165) is 19.5 Å². The number of rotatable bonds is 8. The standard InChI is InChI=1S/C14H23NO2S/c1-3-13-6-8-14(9-7-13)12-15-10-5-11-18(16,17)4-2/h6-9,15H,3-5,10-12H2,1-2H3. The van der Waals surface area contributed by atoms with Crippen molar-refractivity contribution in [2.24, 2.45) is 0 Å². The molecule has 0 saturated heterocycles. The molecule has 0 saturated carbocycles. The summed E-state index contributed by atoms with van der Waals surface area (Å²) in [6.07, 6.45) is 1.74. The van der Waals surface area contributed by atoms with Crippen LogP contribution < -0.4 is 5.32 Å². The number of sulfone groups is 1. The number of nitrogens with one attached hydrogen (secondary N) is 1. The molecule has 3 nitrogen and oxygen atoms in total. The Morgan fingerprint density at radius 3 is 2.22 bits per heavy atom. The van der Waals surface area contributed by atoms with Gasteiger partial charge in [0.25, 0.3) is 0 Å². The second kappa shape index (κ2) is 7.54. The third kappa shape index (κ3) is 5.65. The molecule has 0 unspecified atom stereocenters. The fourth-order valence-electron chi connectivity index (χ4n) is 1.69. The van der Waals surface area contributed by atoms with Gasteiger partial charge in [0.15, 0.2) is 0 Å². The molecule has 0 aliphatic heterocycles. The van der Waals surface area contributed by atoms with Crippen LogP contribution in [0.2, 0.25) is 0 Å². The fourth-order valence-corrected chi connectivity index (χ4v) is 2.56. The quantitative estimate of drug-likeness (QED) is 0.736. The fraction of sp³-hybridized carbons (Fsp3) is 0.571. The van der Waals surface area contributed by atoms with Gasteiger partial charge in [-0.25, -0.2) is 8.42 Å². The van der Waals surface area contributed by atoms with Crippen LogP contribution >= 0.6 is 0 Å². The molecule has 0 aromatic heterocycles. The SMILES string of the molecule is CCc1ccc(CNCCCS(=O)(=O)CC)cc1. The van der Waals surface area contributed by atoms with Crippen LogP contribution in [0.5, 0.6) is 0 Å². The van der Waals surface area contributed by atoms with Gasteiger partial charge in [-0.1, -0.05) is 38.1 Å². The van der Waals surface area contributed by atoms with E-state index in [-0.39, 0.29) is 11.5 Å². The van der Waals surface area contributed by atoms with Crippen molar-refractivity contribution in [3.05, 3.63) is 35.4 Å². The lowest BCUT2D eigenvalue weighted by Gasteiger charge is -2.06. The van der Waals surface area contributed by atoms with E-state index in [0.29, 0.717) is 6.42 Å². The predicted octanol–water partition coefficient (Wildman–Crippen LogP) is 2.16. The van der Waals surface area contributed by atoms with Crippen LogP contribution in [-0.4, -0.2) is 26.5 Å². The van der Waals surface area contributed by atoms with Crippen LogP contribution in [0.25, 0.3) is 0 Å². The highest BCUT2D eigenvalue weighted by Gasteiger charge is 2.05. The van der Waals surface area contributed by atoms with E-state index in [1.807, 2.05) is 0 Å². The third-order valence-corrected chi connectivity index (χ3v) is 4.80. The molecule has 0 aliphatic rings. The maximum atomic E-state index is 11.3. The van der Waals surface area contributed by atoms with Gasteiger partial charge in [0, 0.05) is 12.3 Å². The molecular formula is C14H23NO2S. The van der Waals surface area contributed by atoms with Crippen molar-refractivity contribution in [3.63, 3.8) is 0 Å². The van der Waals surface area contributed by atoms with Gasteiger partial charge in [-0.2, -0.15) is 0 Å². The van der Waals surface area contributed by atoms with Crippen molar-refractivity contribution in [2.45, 2.75) is 33.2 Å². The van der Waals surface area contributed by atoms with Gasteiger partial charge in [-0.3, -0.25) is 0 Å². The first-order chi connectivity index (χ1) is 8.57. The van der Waals surface area contributed by atoms with Crippen LogP contribution in [0.4, 0.5) is 0 Å². The molecular weight excluding hydrogens is 246 g/mol. The van der Waals surface area contributed by atoms with Crippen LogP contribution in [0.15, 0.2) is 24.3 Å². The van der Waals surface area contributed by atoms with Crippen LogP contribution in [-0.2, 0) is 22.8 Å². The molecule has 1 aromatic rings. The summed E-state index contributed by atoms with van der Waals surface area (Å²) in [5.74, 6) is 0.525. The summed E-state index contributed by atoms with van der Waals surface area (Å²) in [6, 6.07) is 8.51. The lowest BCUT2D eigenvalue weighted by Crippen LogP contribution is -2.19. The van der Waals surface area contributed by atoms with Gasteiger partial charge in [-0.15, -0.1) is 0 Å². The molecule has 102 valence electrons. The van der Waals surface area contributed by atoms with Gasteiger partial charge in [0.1, 0.15) is 9.84 Å². The largest absolute Gasteiger partial charge is 0.313 e. The molecule has 0 heterocycles. The minimum absolute atomic E-state index is 0.242. The van der Waals surface area contributed by atoms with Crippen molar-refractivity contribution in [2.75, 3.05) is 18.1 Å². The number of hydrogen-bond donors (Lipinski definition) is 1. The van der Waals surface area contributed by atoms with E-state index in [1.54, 1.807) is 6.92 Å². The van der Waals surface area contributed by atoms with E-state index < -0.39 is 9.84 Å². The number of aryl methyl sites for hydroxylation is 1. The minimum Gasteiger partial charge on any atom is -0.313 e. The van der Waals surface area contributed by atoms with Crippen molar-refractivity contribution >= 4 is 9.84 Å². The Kier molecular flexibility index (Phi) is 6.36. The van der Waals surface area contributed by atoms with Gasteiger partial charge >= 0.3 is 0 Å². The van der Waals surface area contributed by atoms with Crippen LogP contribution in [0, 0.1) is 0 Å². The second-order valence-electron chi connectivity index (χ2n) is 4.44. The summed E-state index contributed by atoms with van der Waals surface area (Å²) in [5, 5.41) is 3.27. The van der Waals surface area contributed by atoms with Crippen molar-refractivity contribution in [3.8, 4) is 0 Å². The maximum Gasteiger partial charge on any atom is 0.150 e. The Balaban J connectivity index is 2.21. The molecule has 0 radical (unpaired) electrons. The van der Waals surface area contributed by atoms with Gasteiger partial charge in [0.05, 0.1) is 5.75 Å². The normalized spacial score (nSPS) is 11.7. The minimum atomic E-state index is -2.81. The molecule has 0 aliphatic carbocycles. The first kappa shape index (κ1) is 15.2. The van der Waals surface area contributed by atoms with E-state index >= 15 is 0 Å². The topological polar surface area (TPSA) is 46.2 Å². The lowest BCUT2D eigenvalue weighted by molar-refractivity contribution is 0.590. The van der Waals surface area contributed by atoms with Crippen molar-refractivity contribution < 1.29 is 8.42 Å². The zero-order valence-electron chi connectivity index (χ0n) is 11.3. The van der Waals surface area contributed by atoms with Crippen LogP contribution in [0.1, 0.15) is 31.4 Å². The summed E-state index contributed by atoms with van der Waals surface area (Å²) >= 11 is 0. The molecule has 18 heavy (non-hydrogen) atoms. The Hall–Kier alpha value is -0.870. The molecule has 0 spiro atoms. The first-order valence-corrected chi connectivity index (χ1v) is 8.38. The van der Waals surface area contributed by atoms with E-state index in [9.17, 15) is 8.42 Å². The Bertz CT molecular complexity index is 437. The molecule has 0 bridgehead atoms. The summed E-state index contributed by atoms with van der Waals surface area (Å²) < 4.78 is 22.6. The van der Waals surface area contributed by atoms with E-state index in [2.05, 4.69) is 36.5 Å². The molecule has 1 N–H and O–H groups in total. The highest BCUT2D eigenvalue weighted by atomic mass is 32.2. The summed E-state index contributed by atoms with van der Waals surface area (Å²) in [7, 11) is -2.81. The molecule has 0 fully saturated rings. The molecule has 0 atom stereocenters. The van der Waals surface area contributed by atoms with Crippen LogP contribution in [0.3, 0.4) is 0 Å². The zero-order valence-corrected chi connectivity index (χ0v) is 12.1. The van der Waals surface area contributed by atoms with Crippen molar-refractivity contribution in [1.82, 2.24) is 5.32 Å². The zero-order chi connectivity index (χ0) is 13.4. The Labute approximate surface area is 111 Å². The van der Waals surface area contributed by atoms with E-state index in [1.165, 1.54) is 11.1 Å².